The maximum absolute atomic E-state index is 10.5. The molecule has 3 nitrogen and oxygen atoms in total. The van der Waals surface area contributed by atoms with Crippen molar-refractivity contribution < 1.29 is 5.11 Å². The maximum atomic E-state index is 10.5. The van der Waals surface area contributed by atoms with Crippen molar-refractivity contribution in [1.29, 1.82) is 0 Å². The summed E-state index contributed by atoms with van der Waals surface area (Å²) in [7, 11) is 0. The van der Waals surface area contributed by atoms with Gasteiger partial charge in [0.2, 0.25) is 0 Å². The number of aromatic hydroxyl groups is 1. The Bertz CT molecular complexity index is 1250. The van der Waals surface area contributed by atoms with Crippen molar-refractivity contribution in [3.8, 4) is 17.1 Å². The van der Waals surface area contributed by atoms with Crippen LogP contribution in [0.4, 0.5) is 0 Å². The Labute approximate surface area is 165 Å². The van der Waals surface area contributed by atoms with Crippen molar-refractivity contribution in [3.63, 3.8) is 0 Å². The molecule has 0 fully saturated rings. The van der Waals surface area contributed by atoms with Crippen molar-refractivity contribution in [3.05, 3.63) is 69.6 Å². The van der Waals surface area contributed by atoms with Gasteiger partial charge < -0.3 is 10.1 Å². The van der Waals surface area contributed by atoms with E-state index in [1.54, 1.807) is 0 Å². The third-order valence-corrected chi connectivity index (χ3v) is 5.72. The molecule has 1 aromatic heterocycles. The Morgan fingerprint density at radius 1 is 0.808 bits per heavy atom. The Balaban J connectivity index is 1.95. The molecular formula is C21H12Br2N2O. The summed E-state index contributed by atoms with van der Waals surface area (Å²) in [4.78, 5) is 8.28. The Kier molecular flexibility index (Phi) is 3.55. The number of aromatic nitrogens is 2. The number of phenols is 1. The summed E-state index contributed by atoms with van der Waals surface area (Å²) >= 11 is 6.88. The number of benzene rings is 4. The van der Waals surface area contributed by atoms with E-state index in [-0.39, 0.29) is 5.75 Å². The fourth-order valence-electron chi connectivity index (χ4n) is 3.50. The molecule has 0 unspecified atom stereocenters. The number of nitrogens with zero attached hydrogens (tertiary/aromatic N) is 1. The van der Waals surface area contributed by atoms with Gasteiger partial charge in [0.15, 0.2) is 0 Å². The van der Waals surface area contributed by atoms with Gasteiger partial charge in [0.25, 0.3) is 0 Å². The molecule has 0 bridgehead atoms. The first kappa shape index (κ1) is 15.9. The number of rotatable bonds is 1. The number of fused-ring (bicyclic) bond motifs is 6. The molecular weight excluding hydrogens is 456 g/mol. The molecule has 0 saturated heterocycles. The van der Waals surface area contributed by atoms with Crippen molar-refractivity contribution in [2.75, 3.05) is 0 Å². The highest BCUT2D eigenvalue weighted by Crippen LogP contribution is 2.40. The van der Waals surface area contributed by atoms with Crippen LogP contribution in [-0.4, -0.2) is 15.1 Å². The molecule has 0 atom stereocenters. The smallest absolute Gasteiger partial charge is 0.142 e. The highest BCUT2D eigenvalue weighted by Gasteiger charge is 2.17. The first-order valence-electron chi connectivity index (χ1n) is 8.11. The third-order valence-electron chi connectivity index (χ3n) is 4.66. The molecule has 0 saturated carbocycles. The summed E-state index contributed by atoms with van der Waals surface area (Å²) < 4.78 is 1.49. The highest BCUT2D eigenvalue weighted by atomic mass is 79.9. The van der Waals surface area contributed by atoms with Crippen LogP contribution in [0.3, 0.4) is 0 Å². The van der Waals surface area contributed by atoms with E-state index in [4.69, 9.17) is 4.98 Å². The molecule has 1 heterocycles. The molecule has 2 N–H and O–H groups in total. The maximum Gasteiger partial charge on any atom is 0.142 e. The third kappa shape index (κ3) is 2.27. The van der Waals surface area contributed by atoms with Crippen LogP contribution in [0.15, 0.2) is 69.6 Å². The zero-order valence-corrected chi connectivity index (χ0v) is 16.6. The second-order valence-corrected chi connectivity index (χ2v) is 7.95. The van der Waals surface area contributed by atoms with E-state index in [0.717, 1.165) is 26.3 Å². The molecule has 5 rings (SSSR count). The van der Waals surface area contributed by atoms with Gasteiger partial charge in [-0.2, -0.15) is 0 Å². The molecule has 5 aromatic rings. The minimum absolute atomic E-state index is 0.167. The van der Waals surface area contributed by atoms with Gasteiger partial charge in [0.1, 0.15) is 11.6 Å². The summed E-state index contributed by atoms with van der Waals surface area (Å²) in [6.07, 6.45) is 0. The quantitative estimate of drug-likeness (QED) is 0.267. The van der Waals surface area contributed by atoms with Crippen LogP contribution < -0.4 is 0 Å². The first-order chi connectivity index (χ1) is 12.6. The molecule has 0 aliphatic carbocycles. The minimum Gasteiger partial charge on any atom is -0.506 e. The van der Waals surface area contributed by atoms with Gasteiger partial charge in [-0.1, -0.05) is 64.5 Å². The summed E-state index contributed by atoms with van der Waals surface area (Å²) in [6.45, 7) is 0. The van der Waals surface area contributed by atoms with E-state index in [1.165, 1.54) is 10.8 Å². The van der Waals surface area contributed by atoms with E-state index < -0.39 is 0 Å². The molecule has 0 amide bonds. The molecule has 0 spiro atoms. The Hall–Kier alpha value is -2.37. The average Bonchev–Trinajstić information content (AvgIpc) is 3.10. The monoisotopic (exact) mass is 466 g/mol. The van der Waals surface area contributed by atoms with Crippen LogP contribution in [0.5, 0.6) is 5.75 Å². The lowest BCUT2D eigenvalue weighted by Gasteiger charge is -2.05. The lowest BCUT2D eigenvalue weighted by molar-refractivity contribution is 0.473. The summed E-state index contributed by atoms with van der Waals surface area (Å²) in [5.74, 6) is 0.807. The number of phenolic OH excluding ortho intramolecular Hbond substituents is 1. The first-order valence-corrected chi connectivity index (χ1v) is 9.69. The van der Waals surface area contributed by atoms with E-state index in [0.29, 0.717) is 15.9 Å². The normalized spacial score (nSPS) is 11.6. The topological polar surface area (TPSA) is 48.9 Å². The number of hydrogen-bond donors (Lipinski definition) is 2. The lowest BCUT2D eigenvalue weighted by Crippen LogP contribution is -1.83. The zero-order chi connectivity index (χ0) is 17.8. The van der Waals surface area contributed by atoms with Crippen LogP contribution in [0.1, 0.15) is 0 Å². The number of H-pyrrole nitrogens is 1. The van der Waals surface area contributed by atoms with E-state index in [1.807, 2.05) is 30.3 Å². The van der Waals surface area contributed by atoms with Crippen LogP contribution >= 0.6 is 31.9 Å². The van der Waals surface area contributed by atoms with Crippen molar-refractivity contribution in [2.24, 2.45) is 0 Å². The van der Waals surface area contributed by atoms with Crippen molar-refractivity contribution in [2.45, 2.75) is 0 Å². The van der Waals surface area contributed by atoms with E-state index in [9.17, 15) is 5.11 Å². The van der Waals surface area contributed by atoms with Crippen LogP contribution in [0.25, 0.3) is 44.0 Å². The lowest BCUT2D eigenvalue weighted by atomic mass is 10.0. The highest BCUT2D eigenvalue weighted by molar-refractivity contribution is 9.11. The molecule has 4 aromatic carbocycles. The van der Waals surface area contributed by atoms with Crippen molar-refractivity contribution >= 4 is 64.4 Å². The zero-order valence-electron chi connectivity index (χ0n) is 13.4. The minimum atomic E-state index is 0.167. The molecule has 0 aliphatic heterocycles. The number of nitrogens with one attached hydrogen (secondary N) is 1. The Morgan fingerprint density at radius 2 is 1.42 bits per heavy atom. The van der Waals surface area contributed by atoms with Gasteiger partial charge >= 0.3 is 0 Å². The number of imidazole rings is 1. The van der Waals surface area contributed by atoms with Gasteiger partial charge in [-0.15, -0.1) is 0 Å². The predicted molar refractivity (Wildman–Crippen MR) is 114 cm³/mol. The predicted octanol–water partition coefficient (Wildman–Crippen LogP) is 6.77. The van der Waals surface area contributed by atoms with Crippen LogP contribution in [-0.2, 0) is 0 Å². The largest absolute Gasteiger partial charge is 0.506 e. The molecule has 126 valence electrons. The number of halogens is 2. The van der Waals surface area contributed by atoms with Gasteiger partial charge in [0, 0.05) is 15.2 Å². The average molecular weight is 468 g/mol. The molecule has 5 heteroatoms. The number of hydrogen-bond acceptors (Lipinski definition) is 2. The Morgan fingerprint density at radius 3 is 2.15 bits per heavy atom. The standard InChI is InChI=1S/C21H12Br2N2O/c22-11-9-16(20(26)17(23)10-11)21-24-18-14-7-3-1-5-12(14)13-6-2-4-8-15(13)19(18)25-21/h1-10,26H,(H,24,25). The summed E-state index contributed by atoms with van der Waals surface area (Å²) in [5.41, 5.74) is 2.53. The van der Waals surface area contributed by atoms with Gasteiger partial charge in [0.05, 0.1) is 21.1 Å². The van der Waals surface area contributed by atoms with E-state index in [2.05, 4.69) is 67.2 Å². The fraction of sp³-hybridized carbons (Fsp3) is 0. The summed E-state index contributed by atoms with van der Waals surface area (Å²) in [6, 6.07) is 20.3. The summed E-state index contributed by atoms with van der Waals surface area (Å²) in [5, 5.41) is 15.1. The van der Waals surface area contributed by atoms with Crippen LogP contribution in [0, 0.1) is 0 Å². The molecule has 0 radical (unpaired) electrons. The van der Waals surface area contributed by atoms with Crippen molar-refractivity contribution in [1.82, 2.24) is 9.97 Å². The van der Waals surface area contributed by atoms with Crippen LogP contribution in [0.2, 0.25) is 0 Å². The molecule has 26 heavy (non-hydrogen) atoms. The van der Waals surface area contributed by atoms with Gasteiger partial charge in [-0.05, 0) is 38.8 Å². The number of aromatic amines is 1. The fourth-order valence-corrected chi connectivity index (χ4v) is 4.72. The second-order valence-electron chi connectivity index (χ2n) is 6.18. The van der Waals surface area contributed by atoms with Gasteiger partial charge in [-0.25, -0.2) is 4.98 Å². The van der Waals surface area contributed by atoms with Gasteiger partial charge in [-0.3, -0.25) is 0 Å². The second kappa shape index (κ2) is 5.83. The van der Waals surface area contributed by atoms with E-state index >= 15 is 0 Å². The SMILES string of the molecule is Oc1c(Br)cc(Br)cc1-c1nc2c3ccccc3c3ccccc3c2[nH]1. The molecule has 0 aliphatic rings.